The number of carbonyl (C=O) groups is 1. The maximum atomic E-state index is 11.6. The van der Waals surface area contributed by atoms with Crippen LogP contribution in [0, 0.1) is 0 Å². The number of hydrogen-bond donors (Lipinski definition) is 0. The Morgan fingerprint density at radius 3 is 2.84 bits per heavy atom. The predicted octanol–water partition coefficient (Wildman–Crippen LogP) is 2.09. The Morgan fingerprint density at radius 2 is 2.11 bits per heavy atom. The molecule has 1 saturated heterocycles. The summed E-state index contributed by atoms with van der Waals surface area (Å²) in [5.41, 5.74) is 1.16. The average Bonchev–Trinajstić information content (AvgIpc) is 2.91. The lowest BCUT2D eigenvalue weighted by Crippen LogP contribution is -2.30. The molecule has 2 aromatic rings. The van der Waals surface area contributed by atoms with Crippen LogP contribution in [0.5, 0.6) is 0 Å². The second-order valence-electron chi connectivity index (χ2n) is 4.72. The second kappa shape index (κ2) is 4.84. The Bertz CT molecular complexity index is 625. The largest absolute Gasteiger partial charge is 0.354 e. The van der Waals surface area contributed by atoms with Crippen LogP contribution in [-0.4, -0.2) is 33.2 Å². The van der Waals surface area contributed by atoms with Crippen LogP contribution in [0.2, 0.25) is 0 Å². The zero-order valence-corrected chi connectivity index (χ0v) is 10.7. The van der Waals surface area contributed by atoms with Crippen LogP contribution in [0.15, 0.2) is 31.2 Å². The molecule has 2 aromatic heterocycles. The normalized spacial score (nSPS) is 15.7. The van der Waals surface area contributed by atoms with E-state index in [1.807, 2.05) is 10.6 Å². The van der Waals surface area contributed by atoms with Crippen molar-refractivity contribution in [2.75, 3.05) is 18.0 Å². The number of imidazole rings is 1. The molecule has 5 nitrogen and oxygen atoms in total. The summed E-state index contributed by atoms with van der Waals surface area (Å²) < 4.78 is 1.85. The standard InChI is InChI=1S/C14H16N4O/c1-2-12(19)11-10-18-9-6-15-13(14(18)16-11)17-7-4-3-5-8-17/h2,6,9-10H,1,3-5,7-8H2. The molecule has 0 saturated carbocycles. The Balaban J connectivity index is 2.06. The van der Waals surface area contributed by atoms with E-state index in [0.717, 1.165) is 24.6 Å². The van der Waals surface area contributed by atoms with E-state index >= 15 is 0 Å². The molecule has 0 unspecified atom stereocenters. The highest BCUT2D eigenvalue weighted by atomic mass is 16.1. The molecule has 5 heteroatoms. The minimum atomic E-state index is -0.159. The number of rotatable bonds is 3. The first-order valence-corrected chi connectivity index (χ1v) is 6.55. The van der Waals surface area contributed by atoms with E-state index in [4.69, 9.17) is 0 Å². The lowest BCUT2D eigenvalue weighted by atomic mass is 10.1. The fraction of sp³-hybridized carbons (Fsp3) is 0.357. The molecule has 0 spiro atoms. The zero-order valence-electron chi connectivity index (χ0n) is 10.7. The number of anilines is 1. The molecule has 1 aliphatic heterocycles. The minimum absolute atomic E-state index is 0.159. The molecule has 0 aromatic carbocycles. The van der Waals surface area contributed by atoms with Crippen LogP contribution < -0.4 is 4.90 Å². The molecule has 0 bridgehead atoms. The molecular formula is C14H16N4O. The van der Waals surface area contributed by atoms with E-state index in [1.54, 1.807) is 12.4 Å². The fourth-order valence-electron chi connectivity index (χ4n) is 2.46. The third-order valence-corrected chi connectivity index (χ3v) is 3.45. The van der Waals surface area contributed by atoms with Crippen LogP contribution >= 0.6 is 0 Å². The van der Waals surface area contributed by atoms with E-state index < -0.39 is 0 Å². The molecule has 0 atom stereocenters. The maximum Gasteiger partial charge on any atom is 0.205 e. The highest BCUT2D eigenvalue weighted by Crippen LogP contribution is 2.22. The molecule has 3 heterocycles. The van der Waals surface area contributed by atoms with Gasteiger partial charge in [0.15, 0.2) is 11.5 Å². The summed E-state index contributed by atoms with van der Waals surface area (Å²) in [5, 5.41) is 0. The van der Waals surface area contributed by atoms with Crippen molar-refractivity contribution in [3.63, 3.8) is 0 Å². The van der Waals surface area contributed by atoms with Gasteiger partial charge >= 0.3 is 0 Å². The van der Waals surface area contributed by atoms with Crippen molar-refractivity contribution in [3.05, 3.63) is 36.9 Å². The van der Waals surface area contributed by atoms with Gasteiger partial charge in [0.1, 0.15) is 5.69 Å². The first-order valence-electron chi connectivity index (χ1n) is 6.55. The third-order valence-electron chi connectivity index (χ3n) is 3.45. The number of aromatic nitrogens is 3. The molecule has 19 heavy (non-hydrogen) atoms. The second-order valence-corrected chi connectivity index (χ2v) is 4.72. The van der Waals surface area contributed by atoms with E-state index in [0.29, 0.717) is 5.69 Å². The van der Waals surface area contributed by atoms with Gasteiger partial charge in [-0.15, -0.1) is 0 Å². The van der Waals surface area contributed by atoms with Crippen molar-refractivity contribution in [2.45, 2.75) is 19.3 Å². The quantitative estimate of drug-likeness (QED) is 0.623. The number of nitrogens with zero attached hydrogens (tertiary/aromatic N) is 4. The van der Waals surface area contributed by atoms with Gasteiger partial charge in [0, 0.05) is 31.7 Å². The molecule has 0 radical (unpaired) electrons. The van der Waals surface area contributed by atoms with Crippen molar-refractivity contribution in [1.29, 1.82) is 0 Å². The number of allylic oxidation sites excluding steroid dienone is 1. The van der Waals surface area contributed by atoms with E-state index in [-0.39, 0.29) is 5.78 Å². The molecular weight excluding hydrogens is 240 g/mol. The Labute approximate surface area is 111 Å². The van der Waals surface area contributed by atoms with Crippen molar-refractivity contribution >= 4 is 17.2 Å². The number of hydrogen-bond acceptors (Lipinski definition) is 4. The van der Waals surface area contributed by atoms with Gasteiger partial charge in [-0.25, -0.2) is 9.97 Å². The van der Waals surface area contributed by atoms with Crippen LogP contribution in [-0.2, 0) is 0 Å². The number of carbonyl (C=O) groups excluding carboxylic acids is 1. The van der Waals surface area contributed by atoms with Crippen LogP contribution in [0.4, 0.5) is 5.82 Å². The summed E-state index contributed by atoms with van der Waals surface area (Å²) in [5.74, 6) is 0.707. The van der Waals surface area contributed by atoms with Gasteiger partial charge in [-0.05, 0) is 25.3 Å². The summed E-state index contributed by atoms with van der Waals surface area (Å²) >= 11 is 0. The number of fused-ring (bicyclic) bond motifs is 1. The Hall–Kier alpha value is -2.17. The predicted molar refractivity (Wildman–Crippen MR) is 73.6 cm³/mol. The summed E-state index contributed by atoms with van der Waals surface area (Å²) in [4.78, 5) is 22.7. The lowest BCUT2D eigenvalue weighted by Gasteiger charge is -2.27. The van der Waals surface area contributed by atoms with Crippen molar-refractivity contribution in [2.24, 2.45) is 0 Å². The summed E-state index contributed by atoms with van der Waals surface area (Å²) in [6, 6.07) is 0. The first-order chi connectivity index (χ1) is 9.29. The highest BCUT2D eigenvalue weighted by molar-refractivity contribution is 6.03. The zero-order chi connectivity index (χ0) is 13.2. The van der Waals surface area contributed by atoms with Gasteiger partial charge in [-0.3, -0.25) is 4.79 Å². The molecule has 3 rings (SSSR count). The van der Waals surface area contributed by atoms with Crippen molar-refractivity contribution in [1.82, 2.24) is 14.4 Å². The summed E-state index contributed by atoms with van der Waals surface area (Å²) in [6.07, 6.45) is 10.2. The van der Waals surface area contributed by atoms with Gasteiger partial charge in [0.05, 0.1) is 0 Å². The summed E-state index contributed by atoms with van der Waals surface area (Å²) in [7, 11) is 0. The van der Waals surface area contributed by atoms with Gasteiger partial charge in [0.25, 0.3) is 0 Å². The van der Waals surface area contributed by atoms with E-state index in [2.05, 4.69) is 21.4 Å². The third kappa shape index (κ3) is 2.12. The molecule has 0 N–H and O–H groups in total. The van der Waals surface area contributed by atoms with Gasteiger partial charge < -0.3 is 9.30 Å². The van der Waals surface area contributed by atoms with Gasteiger partial charge in [-0.2, -0.15) is 0 Å². The number of ketones is 1. The molecule has 0 aliphatic carbocycles. The molecule has 98 valence electrons. The molecule has 0 amide bonds. The van der Waals surface area contributed by atoms with Gasteiger partial charge in [0.2, 0.25) is 5.78 Å². The fourth-order valence-corrected chi connectivity index (χ4v) is 2.46. The Morgan fingerprint density at radius 1 is 1.32 bits per heavy atom. The monoisotopic (exact) mass is 256 g/mol. The molecule has 1 fully saturated rings. The first kappa shape index (κ1) is 11.9. The average molecular weight is 256 g/mol. The topological polar surface area (TPSA) is 50.5 Å². The SMILES string of the molecule is C=CC(=O)c1cn2ccnc(N3CCCCC3)c2n1. The Kier molecular flexibility index (Phi) is 3.03. The van der Waals surface area contributed by atoms with Crippen molar-refractivity contribution < 1.29 is 4.79 Å². The summed E-state index contributed by atoms with van der Waals surface area (Å²) in [6.45, 7) is 5.50. The molecule has 1 aliphatic rings. The smallest absolute Gasteiger partial charge is 0.205 e. The highest BCUT2D eigenvalue weighted by Gasteiger charge is 2.17. The maximum absolute atomic E-state index is 11.6. The van der Waals surface area contributed by atoms with E-state index in [1.165, 1.54) is 25.3 Å². The lowest BCUT2D eigenvalue weighted by molar-refractivity contribution is 0.104. The number of piperidine rings is 1. The van der Waals surface area contributed by atoms with E-state index in [9.17, 15) is 4.79 Å². The van der Waals surface area contributed by atoms with Crippen LogP contribution in [0.25, 0.3) is 5.65 Å². The minimum Gasteiger partial charge on any atom is -0.354 e. The van der Waals surface area contributed by atoms with Crippen molar-refractivity contribution in [3.8, 4) is 0 Å². The van der Waals surface area contributed by atoms with Crippen LogP contribution in [0.1, 0.15) is 29.8 Å². The van der Waals surface area contributed by atoms with Crippen LogP contribution in [0.3, 0.4) is 0 Å². The van der Waals surface area contributed by atoms with Gasteiger partial charge in [-0.1, -0.05) is 6.58 Å².